The average Bonchev–Trinajstić information content (AvgIpc) is 3.22. The number of carbonyl (C=O) groups excluding carboxylic acids is 1. The molecule has 0 spiro atoms. The number of pyridine rings is 1. The number of benzene rings is 1. The highest BCUT2D eigenvalue weighted by molar-refractivity contribution is 5.94. The van der Waals surface area contributed by atoms with Gasteiger partial charge < -0.3 is 5.32 Å². The van der Waals surface area contributed by atoms with Crippen molar-refractivity contribution >= 4 is 5.91 Å². The van der Waals surface area contributed by atoms with Crippen molar-refractivity contribution in [2.45, 2.75) is 38.6 Å². The van der Waals surface area contributed by atoms with Crippen molar-refractivity contribution in [3.05, 3.63) is 77.5 Å². The Labute approximate surface area is 153 Å². The first-order chi connectivity index (χ1) is 12.7. The van der Waals surface area contributed by atoms with E-state index in [2.05, 4.69) is 33.5 Å². The fourth-order valence-electron chi connectivity index (χ4n) is 3.45. The minimum absolute atomic E-state index is 0.0388. The van der Waals surface area contributed by atoms with Crippen LogP contribution in [0.4, 0.5) is 0 Å². The molecule has 0 saturated heterocycles. The summed E-state index contributed by atoms with van der Waals surface area (Å²) in [6.45, 7) is 2.02. The smallest absolute Gasteiger partial charge is 0.253 e. The SMILES string of the molecule is C[C@@H](NC(=O)c1ccc(-n2ccnc2)nc1)c1ccc2c(c1)CCCC2. The van der Waals surface area contributed by atoms with Gasteiger partial charge in [0.1, 0.15) is 12.1 Å². The van der Waals surface area contributed by atoms with Crippen LogP contribution in [0.5, 0.6) is 0 Å². The molecule has 0 bridgehead atoms. The zero-order valence-corrected chi connectivity index (χ0v) is 14.9. The molecule has 5 heteroatoms. The third-order valence-corrected chi connectivity index (χ3v) is 5.00. The van der Waals surface area contributed by atoms with E-state index in [1.165, 1.54) is 30.4 Å². The van der Waals surface area contributed by atoms with E-state index < -0.39 is 0 Å². The Hall–Kier alpha value is -2.95. The first-order valence-electron chi connectivity index (χ1n) is 9.07. The molecule has 1 aromatic carbocycles. The summed E-state index contributed by atoms with van der Waals surface area (Å²) in [5.74, 6) is 0.627. The van der Waals surface area contributed by atoms with Gasteiger partial charge in [0.05, 0.1) is 11.6 Å². The third kappa shape index (κ3) is 3.38. The maximum absolute atomic E-state index is 12.5. The lowest BCUT2D eigenvalue weighted by Gasteiger charge is -2.20. The second-order valence-corrected chi connectivity index (χ2v) is 6.81. The number of nitrogens with zero attached hydrogens (tertiary/aromatic N) is 3. The van der Waals surface area contributed by atoms with Crippen LogP contribution in [-0.2, 0) is 12.8 Å². The summed E-state index contributed by atoms with van der Waals surface area (Å²) < 4.78 is 1.80. The summed E-state index contributed by atoms with van der Waals surface area (Å²) in [5, 5.41) is 3.08. The third-order valence-electron chi connectivity index (χ3n) is 5.00. The van der Waals surface area contributed by atoms with Crippen molar-refractivity contribution in [2.24, 2.45) is 0 Å². The minimum Gasteiger partial charge on any atom is -0.345 e. The monoisotopic (exact) mass is 346 g/mol. The van der Waals surface area contributed by atoms with E-state index in [1.807, 2.05) is 19.2 Å². The fraction of sp³-hybridized carbons (Fsp3) is 0.286. The van der Waals surface area contributed by atoms with Crippen LogP contribution < -0.4 is 5.32 Å². The summed E-state index contributed by atoms with van der Waals surface area (Å²) in [4.78, 5) is 20.9. The summed E-state index contributed by atoms with van der Waals surface area (Å²) in [6, 6.07) is 10.2. The number of aromatic nitrogens is 3. The Morgan fingerprint density at radius 3 is 2.73 bits per heavy atom. The number of carbonyl (C=O) groups is 1. The maximum Gasteiger partial charge on any atom is 0.253 e. The number of hydrogen-bond acceptors (Lipinski definition) is 3. The van der Waals surface area contributed by atoms with E-state index in [4.69, 9.17) is 0 Å². The number of aryl methyl sites for hydroxylation is 2. The largest absolute Gasteiger partial charge is 0.345 e. The number of hydrogen-bond donors (Lipinski definition) is 1. The Morgan fingerprint density at radius 2 is 2.00 bits per heavy atom. The standard InChI is InChI=1S/C21H22N4O/c1-15(17-7-6-16-4-2-3-5-18(16)12-17)24-21(26)19-8-9-20(23-13-19)25-11-10-22-14-25/h6-15H,2-5H2,1H3,(H,24,26)/t15-/m1/s1. The molecule has 1 atom stereocenters. The minimum atomic E-state index is -0.111. The van der Waals surface area contributed by atoms with E-state index in [0.29, 0.717) is 5.56 Å². The lowest BCUT2D eigenvalue weighted by atomic mass is 9.89. The van der Waals surface area contributed by atoms with Crippen molar-refractivity contribution in [3.8, 4) is 5.82 Å². The molecule has 132 valence electrons. The van der Waals surface area contributed by atoms with E-state index in [0.717, 1.165) is 17.8 Å². The Morgan fingerprint density at radius 1 is 1.15 bits per heavy atom. The number of amides is 1. The molecule has 0 saturated carbocycles. The van der Waals surface area contributed by atoms with Crippen LogP contribution in [0.25, 0.3) is 5.82 Å². The molecule has 26 heavy (non-hydrogen) atoms. The molecule has 2 heterocycles. The van der Waals surface area contributed by atoms with Gasteiger partial charge in [-0.3, -0.25) is 9.36 Å². The molecule has 2 aromatic heterocycles. The quantitative estimate of drug-likeness (QED) is 0.785. The Balaban J connectivity index is 1.45. The summed E-state index contributed by atoms with van der Waals surface area (Å²) in [5.41, 5.74) is 4.60. The van der Waals surface area contributed by atoms with Gasteiger partial charge in [-0.25, -0.2) is 9.97 Å². The molecule has 1 amide bonds. The zero-order valence-electron chi connectivity index (χ0n) is 14.9. The van der Waals surface area contributed by atoms with Gasteiger partial charge in [-0.1, -0.05) is 18.2 Å². The van der Waals surface area contributed by atoms with Gasteiger partial charge >= 0.3 is 0 Å². The molecule has 1 aliphatic carbocycles. The van der Waals surface area contributed by atoms with Crippen molar-refractivity contribution < 1.29 is 4.79 Å². The van der Waals surface area contributed by atoms with Crippen LogP contribution in [0.15, 0.2) is 55.2 Å². The zero-order chi connectivity index (χ0) is 17.9. The Bertz CT molecular complexity index is 900. The fourth-order valence-corrected chi connectivity index (χ4v) is 3.45. The van der Waals surface area contributed by atoms with Crippen LogP contribution in [0, 0.1) is 0 Å². The molecule has 0 fully saturated rings. The van der Waals surface area contributed by atoms with Gasteiger partial charge in [0.2, 0.25) is 0 Å². The molecule has 5 nitrogen and oxygen atoms in total. The van der Waals surface area contributed by atoms with Crippen LogP contribution in [-0.4, -0.2) is 20.4 Å². The first-order valence-corrected chi connectivity index (χ1v) is 9.07. The van der Waals surface area contributed by atoms with Crippen LogP contribution in [0.3, 0.4) is 0 Å². The molecular weight excluding hydrogens is 324 g/mol. The van der Waals surface area contributed by atoms with Gasteiger partial charge in [-0.15, -0.1) is 0 Å². The summed E-state index contributed by atoms with van der Waals surface area (Å²) >= 11 is 0. The second kappa shape index (κ2) is 7.12. The van der Waals surface area contributed by atoms with E-state index >= 15 is 0 Å². The molecular formula is C21H22N4O. The highest BCUT2D eigenvalue weighted by atomic mass is 16.1. The molecule has 0 radical (unpaired) electrons. The number of fused-ring (bicyclic) bond motifs is 1. The predicted molar refractivity (Wildman–Crippen MR) is 100 cm³/mol. The van der Waals surface area contributed by atoms with E-state index in [-0.39, 0.29) is 11.9 Å². The van der Waals surface area contributed by atoms with Crippen molar-refractivity contribution in [1.29, 1.82) is 0 Å². The van der Waals surface area contributed by atoms with Crippen LogP contribution in [0.2, 0.25) is 0 Å². The van der Waals surface area contributed by atoms with Gasteiger partial charge in [0.15, 0.2) is 0 Å². The topological polar surface area (TPSA) is 59.8 Å². The first kappa shape index (κ1) is 16.5. The predicted octanol–water partition coefficient (Wildman–Crippen LogP) is 3.64. The molecule has 0 unspecified atom stereocenters. The highest BCUT2D eigenvalue weighted by Crippen LogP contribution is 2.25. The van der Waals surface area contributed by atoms with Gasteiger partial charge in [0, 0.05) is 18.6 Å². The summed E-state index contributed by atoms with van der Waals surface area (Å²) in [6.07, 6.45) is 11.6. The van der Waals surface area contributed by atoms with E-state index in [1.54, 1.807) is 29.4 Å². The van der Waals surface area contributed by atoms with Gasteiger partial charge in [0.25, 0.3) is 5.91 Å². The summed E-state index contributed by atoms with van der Waals surface area (Å²) in [7, 11) is 0. The lowest BCUT2D eigenvalue weighted by molar-refractivity contribution is 0.0939. The van der Waals surface area contributed by atoms with Gasteiger partial charge in [-0.2, -0.15) is 0 Å². The van der Waals surface area contributed by atoms with Crippen molar-refractivity contribution in [3.63, 3.8) is 0 Å². The molecule has 1 N–H and O–H groups in total. The molecule has 1 aliphatic rings. The second-order valence-electron chi connectivity index (χ2n) is 6.81. The molecule has 0 aliphatic heterocycles. The lowest BCUT2D eigenvalue weighted by Crippen LogP contribution is -2.27. The molecule has 3 aromatic rings. The van der Waals surface area contributed by atoms with Crippen molar-refractivity contribution in [1.82, 2.24) is 19.9 Å². The maximum atomic E-state index is 12.5. The molecule has 4 rings (SSSR count). The number of nitrogens with one attached hydrogen (secondary N) is 1. The van der Waals surface area contributed by atoms with Crippen LogP contribution in [0.1, 0.15) is 52.9 Å². The average molecular weight is 346 g/mol. The van der Waals surface area contributed by atoms with Crippen molar-refractivity contribution in [2.75, 3.05) is 0 Å². The highest BCUT2D eigenvalue weighted by Gasteiger charge is 2.15. The number of imidazole rings is 1. The Kier molecular flexibility index (Phi) is 4.52. The van der Waals surface area contributed by atoms with Gasteiger partial charge in [-0.05, 0) is 61.4 Å². The van der Waals surface area contributed by atoms with Crippen LogP contribution >= 0.6 is 0 Å². The van der Waals surface area contributed by atoms with E-state index in [9.17, 15) is 4.79 Å². The normalized spacial score (nSPS) is 14.5. The number of rotatable bonds is 4.